The summed E-state index contributed by atoms with van der Waals surface area (Å²) in [6, 6.07) is 11.4. The van der Waals surface area contributed by atoms with Crippen molar-refractivity contribution in [1.29, 1.82) is 0 Å². The number of piperidine rings is 1. The minimum atomic E-state index is -0.360. The number of hydrogen-bond donors (Lipinski definition) is 1. The van der Waals surface area contributed by atoms with E-state index in [0.717, 1.165) is 16.9 Å². The van der Waals surface area contributed by atoms with Crippen LogP contribution in [0.3, 0.4) is 0 Å². The highest BCUT2D eigenvalue weighted by Crippen LogP contribution is 2.20. The first-order valence-corrected chi connectivity index (χ1v) is 9.47. The van der Waals surface area contributed by atoms with Gasteiger partial charge in [0.25, 0.3) is 11.8 Å². The van der Waals surface area contributed by atoms with E-state index in [2.05, 4.69) is 5.32 Å². The number of aryl methyl sites for hydroxylation is 1. The predicted octanol–water partition coefficient (Wildman–Crippen LogP) is 3.24. The van der Waals surface area contributed by atoms with Crippen molar-refractivity contribution in [3.05, 3.63) is 65.0 Å². The zero-order valence-corrected chi connectivity index (χ0v) is 16.2. The van der Waals surface area contributed by atoms with Gasteiger partial charge in [-0.25, -0.2) is 4.39 Å². The molecular formula is C22H25FN2O3. The van der Waals surface area contributed by atoms with Gasteiger partial charge >= 0.3 is 0 Å². The molecule has 0 unspecified atom stereocenters. The van der Waals surface area contributed by atoms with Gasteiger partial charge < -0.3 is 15.0 Å². The van der Waals surface area contributed by atoms with Gasteiger partial charge in [-0.05, 0) is 68.1 Å². The fraction of sp³-hybridized carbons (Fsp3) is 0.364. The number of amides is 2. The van der Waals surface area contributed by atoms with E-state index in [4.69, 9.17) is 4.74 Å². The summed E-state index contributed by atoms with van der Waals surface area (Å²) >= 11 is 0. The highest BCUT2D eigenvalue weighted by molar-refractivity contribution is 5.94. The van der Waals surface area contributed by atoms with Gasteiger partial charge in [-0.2, -0.15) is 0 Å². The maximum atomic E-state index is 13.0. The number of halogens is 1. The average Bonchev–Trinajstić information content (AvgIpc) is 2.70. The van der Waals surface area contributed by atoms with Crippen LogP contribution in [0.25, 0.3) is 0 Å². The van der Waals surface area contributed by atoms with Gasteiger partial charge in [-0.1, -0.05) is 12.1 Å². The average molecular weight is 384 g/mol. The zero-order chi connectivity index (χ0) is 20.1. The van der Waals surface area contributed by atoms with Crippen molar-refractivity contribution < 1.29 is 18.7 Å². The molecule has 3 rings (SSSR count). The van der Waals surface area contributed by atoms with Crippen LogP contribution < -0.4 is 10.1 Å². The Hall–Kier alpha value is -2.89. The number of carbonyl (C=O) groups is 2. The van der Waals surface area contributed by atoms with Crippen LogP contribution in [0.2, 0.25) is 0 Å². The summed E-state index contributed by atoms with van der Waals surface area (Å²) in [4.78, 5) is 26.4. The number of hydrogen-bond acceptors (Lipinski definition) is 3. The second-order valence-corrected chi connectivity index (χ2v) is 7.13. The molecule has 0 radical (unpaired) electrons. The van der Waals surface area contributed by atoms with E-state index in [1.165, 1.54) is 24.3 Å². The first-order chi connectivity index (χ1) is 13.4. The van der Waals surface area contributed by atoms with E-state index in [-0.39, 0.29) is 30.3 Å². The molecule has 2 amide bonds. The van der Waals surface area contributed by atoms with Gasteiger partial charge in [-0.15, -0.1) is 0 Å². The van der Waals surface area contributed by atoms with Crippen molar-refractivity contribution in [3.63, 3.8) is 0 Å². The number of ether oxygens (including phenoxy) is 1. The summed E-state index contributed by atoms with van der Waals surface area (Å²) in [6.45, 7) is 5.05. The third-order valence-corrected chi connectivity index (χ3v) is 5.15. The Morgan fingerprint density at radius 1 is 1.11 bits per heavy atom. The number of carbonyl (C=O) groups excluding carboxylic acids is 2. The standard InChI is InChI=1S/C22H25FN2O3/c1-15-4-3-5-20(16(15)2)28-14-21(26)24-19-10-12-25(13-11-19)22(27)17-6-8-18(23)9-7-17/h3-9,19H,10-14H2,1-2H3,(H,24,26). The van der Waals surface area contributed by atoms with E-state index >= 15 is 0 Å². The Labute approximate surface area is 164 Å². The molecule has 0 saturated carbocycles. The molecule has 0 atom stereocenters. The summed E-state index contributed by atoms with van der Waals surface area (Å²) < 4.78 is 18.6. The van der Waals surface area contributed by atoms with Crippen LogP contribution in [0.1, 0.15) is 34.3 Å². The molecule has 0 aliphatic carbocycles. The Bertz CT molecular complexity index is 843. The van der Waals surface area contributed by atoms with Gasteiger partial charge in [0.1, 0.15) is 11.6 Å². The lowest BCUT2D eigenvalue weighted by atomic mass is 10.0. The SMILES string of the molecule is Cc1cccc(OCC(=O)NC2CCN(C(=O)c3ccc(F)cc3)CC2)c1C. The lowest BCUT2D eigenvalue weighted by Gasteiger charge is -2.32. The van der Waals surface area contributed by atoms with Crippen molar-refractivity contribution in [2.75, 3.05) is 19.7 Å². The van der Waals surface area contributed by atoms with Crippen molar-refractivity contribution >= 4 is 11.8 Å². The lowest BCUT2D eigenvalue weighted by Crippen LogP contribution is -2.47. The van der Waals surface area contributed by atoms with Crippen LogP contribution in [0.15, 0.2) is 42.5 Å². The molecule has 2 aromatic carbocycles. The topological polar surface area (TPSA) is 58.6 Å². The molecule has 148 valence electrons. The van der Waals surface area contributed by atoms with Gasteiger partial charge in [0.05, 0.1) is 0 Å². The van der Waals surface area contributed by atoms with E-state index in [1.807, 2.05) is 32.0 Å². The minimum Gasteiger partial charge on any atom is -0.483 e. The van der Waals surface area contributed by atoms with Crippen molar-refractivity contribution in [3.8, 4) is 5.75 Å². The molecule has 6 heteroatoms. The fourth-order valence-electron chi connectivity index (χ4n) is 3.30. The molecule has 0 spiro atoms. The molecule has 1 fully saturated rings. The largest absolute Gasteiger partial charge is 0.483 e. The minimum absolute atomic E-state index is 0.0203. The Morgan fingerprint density at radius 2 is 1.79 bits per heavy atom. The predicted molar refractivity (Wildman–Crippen MR) is 105 cm³/mol. The highest BCUT2D eigenvalue weighted by Gasteiger charge is 2.24. The van der Waals surface area contributed by atoms with Gasteiger partial charge in [0, 0.05) is 24.7 Å². The van der Waals surface area contributed by atoms with Crippen molar-refractivity contribution in [1.82, 2.24) is 10.2 Å². The van der Waals surface area contributed by atoms with Crippen LogP contribution in [-0.2, 0) is 4.79 Å². The summed E-state index contributed by atoms with van der Waals surface area (Å²) in [6.07, 6.45) is 1.37. The van der Waals surface area contributed by atoms with Gasteiger partial charge in [0.2, 0.25) is 0 Å². The molecule has 0 aromatic heterocycles. The molecule has 0 bridgehead atoms. The zero-order valence-electron chi connectivity index (χ0n) is 16.2. The molecule has 1 aliphatic rings. The molecule has 2 aromatic rings. The summed E-state index contributed by atoms with van der Waals surface area (Å²) in [5.41, 5.74) is 2.63. The molecule has 5 nitrogen and oxygen atoms in total. The molecular weight excluding hydrogens is 359 g/mol. The second-order valence-electron chi connectivity index (χ2n) is 7.13. The smallest absolute Gasteiger partial charge is 0.258 e. The molecule has 1 heterocycles. The Balaban J connectivity index is 1.44. The Kier molecular flexibility index (Phi) is 6.29. The third-order valence-electron chi connectivity index (χ3n) is 5.15. The van der Waals surface area contributed by atoms with Crippen LogP contribution in [0, 0.1) is 19.7 Å². The van der Waals surface area contributed by atoms with E-state index in [0.29, 0.717) is 31.5 Å². The molecule has 1 aliphatic heterocycles. The van der Waals surface area contributed by atoms with E-state index in [1.54, 1.807) is 4.90 Å². The molecule has 1 saturated heterocycles. The van der Waals surface area contributed by atoms with E-state index < -0.39 is 0 Å². The number of nitrogens with zero attached hydrogens (tertiary/aromatic N) is 1. The quantitative estimate of drug-likeness (QED) is 0.861. The number of rotatable bonds is 5. The summed E-state index contributed by atoms with van der Waals surface area (Å²) in [5, 5.41) is 2.98. The fourth-order valence-corrected chi connectivity index (χ4v) is 3.30. The third kappa shape index (κ3) is 4.88. The Morgan fingerprint density at radius 3 is 2.46 bits per heavy atom. The number of nitrogens with one attached hydrogen (secondary N) is 1. The first-order valence-electron chi connectivity index (χ1n) is 9.47. The second kappa shape index (κ2) is 8.87. The van der Waals surface area contributed by atoms with Crippen molar-refractivity contribution in [2.45, 2.75) is 32.7 Å². The van der Waals surface area contributed by atoms with Gasteiger partial charge in [-0.3, -0.25) is 9.59 Å². The lowest BCUT2D eigenvalue weighted by molar-refractivity contribution is -0.124. The maximum Gasteiger partial charge on any atom is 0.258 e. The molecule has 1 N–H and O–H groups in total. The van der Waals surface area contributed by atoms with Gasteiger partial charge in [0.15, 0.2) is 6.61 Å². The van der Waals surface area contributed by atoms with Crippen LogP contribution in [0.4, 0.5) is 4.39 Å². The van der Waals surface area contributed by atoms with Crippen LogP contribution >= 0.6 is 0 Å². The van der Waals surface area contributed by atoms with E-state index in [9.17, 15) is 14.0 Å². The monoisotopic (exact) mass is 384 g/mol. The summed E-state index contributed by atoms with van der Waals surface area (Å²) in [7, 11) is 0. The summed E-state index contributed by atoms with van der Waals surface area (Å²) in [5.74, 6) is 0.0863. The first kappa shape index (κ1) is 19.9. The maximum absolute atomic E-state index is 13.0. The normalized spacial score (nSPS) is 14.6. The highest BCUT2D eigenvalue weighted by atomic mass is 19.1. The number of benzene rings is 2. The van der Waals surface area contributed by atoms with Crippen molar-refractivity contribution in [2.24, 2.45) is 0 Å². The molecule has 28 heavy (non-hydrogen) atoms. The number of likely N-dealkylation sites (tertiary alicyclic amines) is 1. The van der Waals surface area contributed by atoms with Crippen LogP contribution in [-0.4, -0.2) is 42.5 Å². The van der Waals surface area contributed by atoms with Crippen LogP contribution in [0.5, 0.6) is 5.75 Å².